The highest BCUT2D eigenvalue weighted by molar-refractivity contribution is 6.74. The molecule has 1 fully saturated rings. The van der Waals surface area contributed by atoms with Crippen molar-refractivity contribution in [1.29, 1.82) is 0 Å². The highest BCUT2D eigenvalue weighted by atomic mass is 35.5. The molecule has 0 aromatic heterocycles. The smallest absolute Gasteiger partial charge is 0.416 e. The van der Waals surface area contributed by atoms with Crippen LogP contribution in [0.25, 0.3) is 0 Å². The topological polar surface area (TPSA) is 32.8 Å². The fourth-order valence-corrected chi connectivity index (χ4v) is 6.29. The van der Waals surface area contributed by atoms with Gasteiger partial charge in [0, 0.05) is 37.8 Å². The summed E-state index contributed by atoms with van der Waals surface area (Å²) in [7, 11) is -2.26. The Balaban J connectivity index is 1.69. The summed E-state index contributed by atoms with van der Waals surface area (Å²) in [5.41, 5.74) is -1.88. The first kappa shape index (κ1) is 34.8. The molecule has 3 aromatic carbocycles. The van der Waals surface area contributed by atoms with Crippen molar-refractivity contribution in [2.45, 2.75) is 70.3 Å². The van der Waals surface area contributed by atoms with Gasteiger partial charge < -0.3 is 9.33 Å². The third-order valence-electron chi connectivity index (χ3n) is 8.55. The summed E-state index contributed by atoms with van der Waals surface area (Å²) in [5, 5.41) is 0.325. The number of alkyl halides is 6. The van der Waals surface area contributed by atoms with Crippen molar-refractivity contribution in [2.24, 2.45) is 0 Å². The molecule has 1 aliphatic heterocycles. The van der Waals surface area contributed by atoms with Crippen LogP contribution in [-0.4, -0.2) is 49.7 Å². The van der Waals surface area contributed by atoms with E-state index in [4.69, 9.17) is 16.0 Å². The van der Waals surface area contributed by atoms with Gasteiger partial charge in [0.05, 0.1) is 16.1 Å². The molecule has 1 amide bonds. The molecule has 1 aliphatic rings. The molecule has 1 saturated heterocycles. The van der Waals surface area contributed by atoms with Gasteiger partial charge in [0.15, 0.2) is 0 Å². The predicted octanol–water partition coefficient (Wildman–Crippen LogP) is 9.33. The molecule has 0 saturated carbocycles. The Morgan fingerprint density at radius 1 is 0.867 bits per heavy atom. The molecular weight excluding hydrogens is 634 g/mol. The second-order valence-electron chi connectivity index (χ2n) is 13.0. The molecule has 0 N–H and O–H groups in total. The number of rotatable bonds is 7. The normalized spacial score (nSPS) is 17.0. The van der Waals surface area contributed by atoms with Crippen molar-refractivity contribution < 1.29 is 35.6 Å². The van der Waals surface area contributed by atoms with Gasteiger partial charge in [-0.3, -0.25) is 9.69 Å². The number of halogens is 7. The first-order chi connectivity index (χ1) is 20.7. The third kappa shape index (κ3) is 8.62. The summed E-state index contributed by atoms with van der Waals surface area (Å²) in [6, 6.07) is 15.5. The summed E-state index contributed by atoms with van der Waals surface area (Å²) >= 11 is 6.51. The quantitative estimate of drug-likeness (QED) is 0.186. The minimum absolute atomic E-state index is 0.0314. The monoisotopic (exact) mass is 670 g/mol. The molecule has 0 unspecified atom stereocenters. The highest BCUT2D eigenvalue weighted by Gasteiger charge is 2.41. The van der Waals surface area contributed by atoms with Gasteiger partial charge in [0.2, 0.25) is 0 Å². The number of hydrogen-bond acceptors (Lipinski definition) is 3. The molecular formula is C33H37ClF6N2O2Si. The molecule has 1 atom stereocenters. The van der Waals surface area contributed by atoms with Crippen molar-refractivity contribution in [2.75, 3.05) is 19.6 Å². The lowest BCUT2D eigenvalue weighted by Crippen LogP contribution is -2.55. The van der Waals surface area contributed by atoms with Gasteiger partial charge in [-0.1, -0.05) is 68.8 Å². The van der Waals surface area contributed by atoms with E-state index < -0.39 is 49.3 Å². The van der Waals surface area contributed by atoms with Crippen LogP contribution in [-0.2, 0) is 25.3 Å². The Morgan fingerprint density at radius 3 is 2.02 bits per heavy atom. The molecule has 12 heteroatoms. The van der Waals surface area contributed by atoms with Crippen LogP contribution in [0, 0.1) is 0 Å². The Morgan fingerprint density at radius 2 is 1.47 bits per heavy atom. The zero-order valence-electron chi connectivity index (χ0n) is 25.8. The lowest BCUT2D eigenvalue weighted by molar-refractivity contribution is -0.143. The zero-order chi connectivity index (χ0) is 33.4. The number of hydrogen-bond donors (Lipinski definition) is 0. The second kappa shape index (κ2) is 13.0. The van der Waals surface area contributed by atoms with Crippen LogP contribution < -0.4 is 4.43 Å². The summed E-state index contributed by atoms with van der Waals surface area (Å²) < 4.78 is 88.1. The number of benzene rings is 3. The van der Waals surface area contributed by atoms with Gasteiger partial charge in [0.1, 0.15) is 5.75 Å². The summed E-state index contributed by atoms with van der Waals surface area (Å²) in [5.74, 6) is -0.383. The summed E-state index contributed by atoms with van der Waals surface area (Å²) in [4.78, 5) is 17.3. The first-order valence-corrected chi connectivity index (χ1v) is 17.9. The van der Waals surface area contributed by atoms with E-state index in [0.717, 1.165) is 11.1 Å². The summed E-state index contributed by atoms with van der Waals surface area (Å²) in [6.45, 7) is 11.9. The Labute approximate surface area is 266 Å². The Bertz CT molecular complexity index is 1470. The molecule has 244 valence electrons. The van der Waals surface area contributed by atoms with Gasteiger partial charge in [-0.2, -0.15) is 26.3 Å². The fourth-order valence-electron chi connectivity index (χ4n) is 5.04. The number of carbonyl (C=O) groups is 1. The summed E-state index contributed by atoms with van der Waals surface area (Å²) in [6.07, 6.45) is -9.84. The second-order valence-corrected chi connectivity index (χ2v) is 18.1. The predicted molar refractivity (Wildman–Crippen MR) is 166 cm³/mol. The molecule has 0 radical (unpaired) electrons. The average Bonchev–Trinajstić information content (AvgIpc) is 2.93. The Kier molecular flexibility index (Phi) is 10.1. The van der Waals surface area contributed by atoms with Crippen LogP contribution in [0.4, 0.5) is 26.3 Å². The standard InChI is InChI=1S/C33H37ClF6N2O2Si/c1-31(2,3)45(4,5)44-29-16-23(11-12-28(29)34)15-27-21-41(20-22-9-7-6-8-10-22)13-14-42(27)30(43)24-17-25(32(35,36)37)19-26(18-24)33(38,39)40/h6-12,16-19,27H,13-15,20-21H2,1-5H3/t27-/m1/s1. The lowest BCUT2D eigenvalue weighted by atomic mass is 9.98. The van der Waals surface area contributed by atoms with Crippen molar-refractivity contribution in [3.05, 3.63) is 99.6 Å². The lowest BCUT2D eigenvalue weighted by Gasteiger charge is -2.42. The van der Waals surface area contributed by atoms with Gasteiger partial charge >= 0.3 is 12.4 Å². The molecule has 1 heterocycles. The Hall–Kier alpha value is -3.02. The van der Waals surface area contributed by atoms with E-state index in [1.54, 1.807) is 12.1 Å². The number of piperazine rings is 1. The maximum atomic E-state index is 13.8. The van der Waals surface area contributed by atoms with Crippen molar-refractivity contribution >= 4 is 25.8 Å². The highest BCUT2D eigenvalue weighted by Crippen LogP contribution is 2.40. The van der Waals surface area contributed by atoms with Gasteiger partial charge in [0.25, 0.3) is 14.2 Å². The fraction of sp³-hybridized carbons (Fsp3) is 0.424. The molecule has 0 bridgehead atoms. The molecule has 4 rings (SSSR count). The van der Waals surface area contributed by atoms with Crippen LogP contribution in [0.2, 0.25) is 23.2 Å². The van der Waals surface area contributed by atoms with Crippen LogP contribution in [0.3, 0.4) is 0 Å². The maximum absolute atomic E-state index is 13.8. The molecule has 3 aromatic rings. The average molecular weight is 671 g/mol. The van der Waals surface area contributed by atoms with E-state index >= 15 is 0 Å². The zero-order valence-corrected chi connectivity index (χ0v) is 27.6. The molecule has 0 aliphatic carbocycles. The van der Waals surface area contributed by atoms with E-state index in [9.17, 15) is 31.1 Å². The van der Waals surface area contributed by atoms with E-state index in [0.29, 0.717) is 42.5 Å². The van der Waals surface area contributed by atoms with Gasteiger partial charge in [-0.25, -0.2) is 0 Å². The molecule has 0 spiro atoms. The SMILES string of the molecule is CC(C)(C)[Si](C)(C)Oc1cc(C[C@@H]2CN(Cc3ccccc3)CCN2C(=O)c2cc(C(F)(F)F)cc(C(F)(F)F)c2)ccc1Cl. The van der Waals surface area contributed by atoms with E-state index in [-0.39, 0.29) is 24.1 Å². The van der Waals surface area contributed by atoms with Gasteiger partial charge in [-0.05, 0) is 66.0 Å². The van der Waals surface area contributed by atoms with E-state index in [2.05, 4.69) is 38.8 Å². The molecule has 45 heavy (non-hydrogen) atoms. The number of nitrogens with zero attached hydrogens (tertiary/aromatic N) is 2. The van der Waals surface area contributed by atoms with E-state index in [1.807, 2.05) is 36.4 Å². The van der Waals surface area contributed by atoms with Crippen LogP contribution in [0.1, 0.15) is 53.4 Å². The number of carbonyl (C=O) groups excluding carboxylic acids is 1. The van der Waals surface area contributed by atoms with Crippen LogP contribution in [0.5, 0.6) is 5.75 Å². The largest absolute Gasteiger partial charge is 0.543 e. The van der Waals surface area contributed by atoms with Crippen LogP contribution in [0.15, 0.2) is 66.7 Å². The number of amides is 1. The van der Waals surface area contributed by atoms with Crippen LogP contribution >= 0.6 is 11.6 Å². The van der Waals surface area contributed by atoms with E-state index in [1.165, 1.54) is 4.90 Å². The van der Waals surface area contributed by atoms with Crippen molar-refractivity contribution in [3.8, 4) is 5.75 Å². The van der Waals surface area contributed by atoms with Crippen molar-refractivity contribution in [3.63, 3.8) is 0 Å². The van der Waals surface area contributed by atoms with Crippen molar-refractivity contribution in [1.82, 2.24) is 9.80 Å². The van der Waals surface area contributed by atoms with Gasteiger partial charge in [-0.15, -0.1) is 0 Å². The third-order valence-corrected chi connectivity index (χ3v) is 13.2. The first-order valence-electron chi connectivity index (χ1n) is 14.6. The maximum Gasteiger partial charge on any atom is 0.416 e. The molecule has 4 nitrogen and oxygen atoms in total. The minimum atomic E-state index is -5.06. The minimum Gasteiger partial charge on any atom is -0.543 e.